The molecule has 0 aliphatic heterocycles. The van der Waals surface area contributed by atoms with Crippen LogP contribution in [0.5, 0.6) is 0 Å². The molecule has 17 heavy (non-hydrogen) atoms. The van der Waals surface area contributed by atoms with Gasteiger partial charge in [-0.15, -0.1) is 0 Å². The molecule has 0 spiro atoms. The Balaban J connectivity index is 2.19. The van der Waals surface area contributed by atoms with Gasteiger partial charge in [-0.1, -0.05) is 13.3 Å². The fourth-order valence-corrected chi connectivity index (χ4v) is 3.50. The number of pyridine rings is 1. The van der Waals surface area contributed by atoms with Crippen molar-refractivity contribution in [1.29, 1.82) is 0 Å². The van der Waals surface area contributed by atoms with Crippen LogP contribution in [0.15, 0.2) is 28.0 Å². The second-order valence-electron chi connectivity index (χ2n) is 4.52. The van der Waals surface area contributed by atoms with Crippen LogP contribution in [0.4, 0.5) is 0 Å². The number of nitrogens with one attached hydrogen (secondary N) is 2. The average Bonchev–Trinajstić information content (AvgIpc) is 2.64. The molecule has 0 bridgehead atoms. The van der Waals surface area contributed by atoms with Crippen LogP contribution in [0.2, 0.25) is 0 Å². The lowest BCUT2D eigenvalue weighted by Crippen LogP contribution is -2.36. The SMILES string of the molecule is CC1CCCC1NS(=O)(=O)c1ccc(=O)[nH]c1. The van der Waals surface area contributed by atoms with Gasteiger partial charge in [0.1, 0.15) is 0 Å². The molecule has 2 atom stereocenters. The van der Waals surface area contributed by atoms with Gasteiger partial charge in [-0.25, -0.2) is 13.1 Å². The van der Waals surface area contributed by atoms with Gasteiger partial charge in [0.2, 0.25) is 15.6 Å². The van der Waals surface area contributed by atoms with Crippen molar-refractivity contribution >= 4 is 10.0 Å². The lowest BCUT2D eigenvalue weighted by atomic mass is 10.1. The maximum atomic E-state index is 12.0. The number of hydrogen-bond acceptors (Lipinski definition) is 3. The first-order chi connectivity index (χ1) is 7.99. The van der Waals surface area contributed by atoms with E-state index >= 15 is 0 Å². The standard InChI is InChI=1S/C11H16N2O3S/c1-8-3-2-4-10(8)13-17(15,16)9-5-6-11(14)12-7-9/h5-8,10,13H,2-4H2,1H3,(H,12,14). The molecule has 1 aromatic heterocycles. The van der Waals surface area contributed by atoms with Gasteiger partial charge in [-0.2, -0.15) is 0 Å². The van der Waals surface area contributed by atoms with Crippen molar-refractivity contribution in [2.24, 2.45) is 5.92 Å². The lowest BCUT2D eigenvalue weighted by Gasteiger charge is -2.17. The van der Waals surface area contributed by atoms with E-state index in [0.717, 1.165) is 19.3 Å². The summed E-state index contributed by atoms with van der Waals surface area (Å²) in [4.78, 5) is 13.3. The summed E-state index contributed by atoms with van der Waals surface area (Å²) in [5, 5.41) is 0. The molecule has 0 amide bonds. The van der Waals surface area contributed by atoms with Gasteiger partial charge in [-0.3, -0.25) is 4.79 Å². The maximum absolute atomic E-state index is 12.0. The Morgan fingerprint density at radius 1 is 1.35 bits per heavy atom. The average molecular weight is 256 g/mol. The van der Waals surface area contributed by atoms with E-state index in [-0.39, 0.29) is 16.5 Å². The molecule has 0 radical (unpaired) electrons. The van der Waals surface area contributed by atoms with Gasteiger partial charge in [0.25, 0.3) is 0 Å². The van der Waals surface area contributed by atoms with E-state index in [1.807, 2.05) is 6.92 Å². The normalized spacial score (nSPS) is 25.0. The first-order valence-electron chi connectivity index (χ1n) is 5.70. The van der Waals surface area contributed by atoms with Crippen molar-refractivity contribution in [1.82, 2.24) is 9.71 Å². The van der Waals surface area contributed by atoms with Crippen LogP contribution >= 0.6 is 0 Å². The van der Waals surface area contributed by atoms with E-state index in [1.165, 1.54) is 18.3 Å². The molecule has 2 N–H and O–H groups in total. The number of aromatic nitrogens is 1. The maximum Gasteiger partial charge on any atom is 0.247 e. The number of rotatable bonds is 3. The van der Waals surface area contributed by atoms with E-state index in [9.17, 15) is 13.2 Å². The molecule has 1 aromatic rings. The van der Waals surface area contributed by atoms with Crippen LogP contribution in [-0.4, -0.2) is 19.4 Å². The largest absolute Gasteiger partial charge is 0.328 e. The predicted molar refractivity (Wildman–Crippen MR) is 64.2 cm³/mol. The Morgan fingerprint density at radius 2 is 2.12 bits per heavy atom. The van der Waals surface area contributed by atoms with Gasteiger partial charge >= 0.3 is 0 Å². The molecule has 1 fully saturated rings. The zero-order chi connectivity index (χ0) is 12.5. The summed E-state index contributed by atoms with van der Waals surface area (Å²) in [6.45, 7) is 2.05. The zero-order valence-electron chi connectivity index (χ0n) is 9.64. The highest BCUT2D eigenvalue weighted by atomic mass is 32.2. The fraction of sp³-hybridized carbons (Fsp3) is 0.545. The van der Waals surface area contributed by atoms with E-state index < -0.39 is 10.0 Å². The summed E-state index contributed by atoms with van der Waals surface area (Å²) in [6.07, 6.45) is 4.22. The van der Waals surface area contributed by atoms with Crippen molar-refractivity contribution < 1.29 is 8.42 Å². The first kappa shape index (κ1) is 12.3. The molecule has 1 aliphatic rings. The molecule has 2 unspecified atom stereocenters. The number of H-pyrrole nitrogens is 1. The third-order valence-electron chi connectivity index (χ3n) is 3.23. The van der Waals surface area contributed by atoms with Crippen LogP contribution in [0.1, 0.15) is 26.2 Å². The van der Waals surface area contributed by atoms with Crippen molar-refractivity contribution in [2.45, 2.75) is 37.1 Å². The molecule has 0 saturated heterocycles. The Bertz CT molecular complexity index is 530. The summed E-state index contributed by atoms with van der Waals surface area (Å²) in [5.74, 6) is 0.368. The van der Waals surface area contributed by atoms with Crippen LogP contribution in [-0.2, 0) is 10.0 Å². The van der Waals surface area contributed by atoms with E-state index in [4.69, 9.17) is 0 Å². The highest BCUT2D eigenvalue weighted by Crippen LogP contribution is 2.26. The summed E-state index contributed by atoms with van der Waals surface area (Å²) in [5.41, 5.74) is -0.307. The summed E-state index contributed by atoms with van der Waals surface area (Å²) < 4.78 is 26.7. The zero-order valence-corrected chi connectivity index (χ0v) is 10.5. The Morgan fingerprint density at radius 3 is 2.65 bits per heavy atom. The Labute approximate surface area is 100 Å². The van der Waals surface area contributed by atoms with Crippen LogP contribution in [0.3, 0.4) is 0 Å². The van der Waals surface area contributed by atoms with Crippen molar-refractivity contribution in [2.75, 3.05) is 0 Å². The summed E-state index contributed by atoms with van der Waals surface area (Å²) >= 11 is 0. The monoisotopic (exact) mass is 256 g/mol. The Hall–Kier alpha value is -1.14. The molecule has 1 heterocycles. The van der Waals surface area contributed by atoms with Gasteiger partial charge in [0.15, 0.2) is 0 Å². The molecule has 5 nitrogen and oxygen atoms in total. The van der Waals surface area contributed by atoms with E-state index in [2.05, 4.69) is 9.71 Å². The van der Waals surface area contributed by atoms with Crippen molar-refractivity contribution in [3.63, 3.8) is 0 Å². The minimum Gasteiger partial charge on any atom is -0.328 e. The van der Waals surface area contributed by atoms with Gasteiger partial charge < -0.3 is 4.98 Å². The second-order valence-corrected chi connectivity index (χ2v) is 6.24. The van der Waals surface area contributed by atoms with Gasteiger partial charge in [0.05, 0.1) is 4.90 Å². The smallest absolute Gasteiger partial charge is 0.247 e. The second kappa shape index (κ2) is 4.62. The van der Waals surface area contributed by atoms with Crippen molar-refractivity contribution in [3.8, 4) is 0 Å². The van der Waals surface area contributed by atoms with Gasteiger partial charge in [-0.05, 0) is 24.8 Å². The molecular weight excluding hydrogens is 240 g/mol. The first-order valence-corrected chi connectivity index (χ1v) is 7.18. The third-order valence-corrected chi connectivity index (χ3v) is 4.72. The number of sulfonamides is 1. The molecule has 1 saturated carbocycles. The molecule has 0 aromatic carbocycles. The summed E-state index contributed by atoms with van der Waals surface area (Å²) in [7, 11) is -3.51. The van der Waals surface area contributed by atoms with Crippen LogP contribution < -0.4 is 10.3 Å². The van der Waals surface area contributed by atoms with Crippen LogP contribution in [0.25, 0.3) is 0 Å². The minimum atomic E-state index is -3.51. The molecule has 94 valence electrons. The van der Waals surface area contributed by atoms with E-state index in [0.29, 0.717) is 5.92 Å². The third kappa shape index (κ3) is 2.76. The highest BCUT2D eigenvalue weighted by molar-refractivity contribution is 7.89. The highest BCUT2D eigenvalue weighted by Gasteiger charge is 2.28. The van der Waals surface area contributed by atoms with Crippen LogP contribution in [0, 0.1) is 5.92 Å². The predicted octanol–water partition coefficient (Wildman–Crippen LogP) is 0.842. The topological polar surface area (TPSA) is 79.0 Å². The Kier molecular flexibility index (Phi) is 3.35. The molecule has 6 heteroatoms. The molecule has 2 rings (SSSR count). The fourth-order valence-electron chi connectivity index (χ4n) is 2.15. The van der Waals surface area contributed by atoms with Gasteiger partial charge in [0, 0.05) is 18.3 Å². The lowest BCUT2D eigenvalue weighted by molar-refractivity contribution is 0.476. The quantitative estimate of drug-likeness (QED) is 0.841. The van der Waals surface area contributed by atoms with Crippen molar-refractivity contribution in [3.05, 3.63) is 28.7 Å². The minimum absolute atomic E-state index is 0.00641. The number of aromatic amines is 1. The number of hydrogen-bond donors (Lipinski definition) is 2. The molecular formula is C11H16N2O3S. The molecule has 1 aliphatic carbocycles. The summed E-state index contributed by atoms with van der Waals surface area (Å²) in [6, 6.07) is 2.54. The van der Waals surface area contributed by atoms with E-state index in [1.54, 1.807) is 0 Å².